The first-order valence-corrected chi connectivity index (χ1v) is 11.8. The highest BCUT2D eigenvalue weighted by atomic mass is 32.2. The third kappa shape index (κ3) is 4.09. The summed E-state index contributed by atoms with van der Waals surface area (Å²) >= 11 is 3.21. The number of nitrogens with zero attached hydrogens (tertiary/aromatic N) is 4. The molecule has 32 heavy (non-hydrogen) atoms. The highest BCUT2D eigenvalue weighted by molar-refractivity contribution is 7.98. The molecule has 2 aromatic heterocycles. The van der Waals surface area contributed by atoms with Gasteiger partial charge in [0.1, 0.15) is 10.8 Å². The summed E-state index contributed by atoms with van der Waals surface area (Å²) in [6.07, 6.45) is 1.84. The van der Waals surface area contributed by atoms with E-state index in [1.807, 2.05) is 48.5 Å². The number of hydrogen-bond acceptors (Lipinski definition) is 8. The molecule has 3 heterocycles. The fourth-order valence-corrected chi connectivity index (χ4v) is 5.10. The predicted octanol–water partition coefficient (Wildman–Crippen LogP) is 5.28. The van der Waals surface area contributed by atoms with Crippen LogP contribution in [0.25, 0.3) is 22.0 Å². The first-order valence-electron chi connectivity index (χ1n) is 9.91. The summed E-state index contributed by atoms with van der Waals surface area (Å²) in [7, 11) is 1.65. The van der Waals surface area contributed by atoms with Crippen LogP contribution in [0.5, 0.6) is 17.2 Å². The Balaban J connectivity index is 1.34. The monoisotopic (exact) mass is 464 g/mol. The van der Waals surface area contributed by atoms with Gasteiger partial charge in [0.2, 0.25) is 6.79 Å². The molecule has 0 spiro atoms. The zero-order chi connectivity index (χ0) is 21.9. The highest BCUT2D eigenvalue weighted by Crippen LogP contribution is 2.37. The van der Waals surface area contributed by atoms with Crippen LogP contribution in [0.4, 0.5) is 0 Å². The molecule has 1 aliphatic rings. The van der Waals surface area contributed by atoms with E-state index in [0.717, 1.165) is 50.1 Å². The average Bonchev–Trinajstić information content (AvgIpc) is 3.57. The van der Waals surface area contributed by atoms with Gasteiger partial charge in [0, 0.05) is 28.8 Å². The van der Waals surface area contributed by atoms with Crippen molar-refractivity contribution >= 4 is 23.1 Å². The summed E-state index contributed by atoms with van der Waals surface area (Å²) in [6, 6.07) is 13.7. The second-order valence-corrected chi connectivity index (χ2v) is 8.74. The molecule has 0 unspecified atom stereocenters. The predicted molar refractivity (Wildman–Crippen MR) is 125 cm³/mol. The molecule has 0 atom stereocenters. The van der Waals surface area contributed by atoms with Gasteiger partial charge in [-0.1, -0.05) is 30.0 Å². The third-order valence-corrected chi connectivity index (χ3v) is 6.82. The standard InChI is InChI=1S/C23H20N4O3S2/c1-3-9-27-21(15-5-4-6-18(10-15)28-2)25-26-23(27)32-13-17-12-31-22(24-17)16-7-8-19-20(11-16)30-14-29-19/h3-8,10-12H,1,9,13-14H2,2H3. The quantitative estimate of drug-likeness (QED) is 0.259. The molecule has 1 aliphatic heterocycles. The van der Waals surface area contributed by atoms with Crippen molar-refractivity contribution in [3.05, 3.63) is 66.2 Å². The number of hydrogen-bond donors (Lipinski definition) is 0. The zero-order valence-corrected chi connectivity index (χ0v) is 19.0. The number of rotatable bonds is 8. The van der Waals surface area contributed by atoms with Crippen molar-refractivity contribution in [2.45, 2.75) is 17.5 Å². The summed E-state index contributed by atoms with van der Waals surface area (Å²) in [5.41, 5.74) is 2.96. The van der Waals surface area contributed by atoms with Gasteiger partial charge in [0.05, 0.1) is 12.8 Å². The lowest BCUT2D eigenvalue weighted by molar-refractivity contribution is 0.174. The van der Waals surface area contributed by atoms with Crippen LogP contribution < -0.4 is 14.2 Å². The third-order valence-electron chi connectivity index (χ3n) is 4.88. The molecule has 0 saturated carbocycles. The number of thiazole rings is 1. The van der Waals surface area contributed by atoms with E-state index in [0.29, 0.717) is 12.3 Å². The maximum Gasteiger partial charge on any atom is 0.231 e. The molecule has 4 aromatic rings. The Morgan fingerprint density at radius 2 is 2.06 bits per heavy atom. The van der Waals surface area contributed by atoms with Gasteiger partial charge in [-0.05, 0) is 30.3 Å². The Morgan fingerprint density at radius 3 is 2.94 bits per heavy atom. The lowest BCUT2D eigenvalue weighted by atomic mass is 10.2. The second-order valence-electron chi connectivity index (χ2n) is 6.94. The Labute approximate surface area is 193 Å². The van der Waals surface area contributed by atoms with Crippen molar-refractivity contribution in [1.82, 2.24) is 19.7 Å². The first kappa shape index (κ1) is 20.6. The normalized spacial score (nSPS) is 12.2. The van der Waals surface area contributed by atoms with E-state index in [4.69, 9.17) is 19.2 Å². The van der Waals surface area contributed by atoms with Gasteiger partial charge in [-0.15, -0.1) is 28.1 Å². The fraction of sp³-hybridized carbons (Fsp3) is 0.174. The molecule has 2 aromatic carbocycles. The fourth-order valence-electron chi connectivity index (χ4n) is 3.34. The summed E-state index contributed by atoms with van der Waals surface area (Å²) in [5.74, 6) is 3.79. The molecule has 0 saturated heterocycles. The molecule has 162 valence electrons. The van der Waals surface area contributed by atoms with E-state index in [2.05, 4.69) is 26.7 Å². The van der Waals surface area contributed by atoms with E-state index in [1.165, 1.54) is 0 Å². The number of allylic oxidation sites excluding steroid dienone is 1. The van der Waals surface area contributed by atoms with E-state index in [-0.39, 0.29) is 6.79 Å². The van der Waals surface area contributed by atoms with Crippen molar-refractivity contribution in [3.63, 3.8) is 0 Å². The van der Waals surface area contributed by atoms with E-state index in [1.54, 1.807) is 30.2 Å². The van der Waals surface area contributed by atoms with Crippen LogP contribution in [0.1, 0.15) is 5.69 Å². The molecule has 0 radical (unpaired) electrons. The van der Waals surface area contributed by atoms with Gasteiger partial charge in [-0.2, -0.15) is 0 Å². The van der Waals surface area contributed by atoms with Crippen LogP contribution in [0, 0.1) is 0 Å². The molecular formula is C23H20N4O3S2. The van der Waals surface area contributed by atoms with Crippen LogP contribution in [0.15, 0.2) is 65.7 Å². The molecular weight excluding hydrogens is 444 g/mol. The maximum absolute atomic E-state index is 5.48. The van der Waals surface area contributed by atoms with Crippen LogP contribution in [0.2, 0.25) is 0 Å². The number of methoxy groups -OCH3 is 1. The minimum absolute atomic E-state index is 0.266. The Morgan fingerprint density at radius 1 is 1.16 bits per heavy atom. The molecule has 0 fully saturated rings. The van der Waals surface area contributed by atoms with Gasteiger partial charge in [-0.25, -0.2) is 4.98 Å². The smallest absolute Gasteiger partial charge is 0.231 e. The first-order chi connectivity index (χ1) is 15.7. The van der Waals surface area contributed by atoms with Crippen LogP contribution in [-0.2, 0) is 12.3 Å². The zero-order valence-electron chi connectivity index (χ0n) is 17.4. The lowest BCUT2D eigenvalue weighted by Crippen LogP contribution is -2.01. The minimum Gasteiger partial charge on any atom is -0.497 e. The summed E-state index contributed by atoms with van der Waals surface area (Å²) in [6.45, 7) is 4.76. The second kappa shape index (κ2) is 9.05. The van der Waals surface area contributed by atoms with Crippen molar-refractivity contribution in [2.24, 2.45) is 0 Å². The molecule has 9 heteroatoms. The average molecular weight is 465 g/mol. The molecule has 0 N–H and O–H groups in total. The Bertz CT molecular complexity index is 1270. The van der Waals surface area contributed by atoms with Crippen molar-refractivity contribution in [3.8, 4) is 39.2 Å². The molecule has 0 amide bonds. The lowest BCUT2D eigenvalue weighted by Gasteiger charge is -2.08. The van der Waals surface area contributed by atoms with Crippen LogP contribution in [-0.4, -0.2) is 33.7 Å². The van der Waals surface area contributed by atoms with E-state index < -0.39 is 0 Å². The summed E-state index contributed by atoms with van der Waals surface area (Å²) in [5, 5.41) is 12.7. The van der Waals surface area contributed by atoms with Gasteiger partial charge >= 0.3 is 0 Å². The van der Waals surface area contributed by atoms with Crippen molar-refractivity contribution < 1.29 is 14.2 Å². The molecule has 7 nitrogen and oxygen atoms in total. The number of benzene rings is 2. The van der Waals surface area contributed by atoms with E-state index in [9.17, 15) is 0 Å². The van der Waals surface area contributed by atoms with Gasteiger partial charge in [0.15, 0.2) is 22.5 Å². The Kier molecular flexibility index (Phi) is 5.83. The number of fused-ring (bicyclic) bond motifs is 1. The largest absolute Gasteiger partial charge is 0.497 e. The van der Waals surface area contributed by atoms with Crippen molar-refractivity contribution in [2.75, 3.05) is 13.9 Å². The van der Waals surface area contributed by atoms with E-state index >= 15 is 0 Å². The highest BCUT2D eigenvalue weighted by Gasteiger charge is 2.17. The van der Waals surface area contributed by atoms with Gasteiger partial charge in [-0.3, -0.25) is 4.57 Å². The maximum atomic E-state index is 5.48. The summed E-state index contributed by atoms with van der Waals surface area (Å²) < 4.78 is 18.3. The number of aromatic nitrogens is 4. The number of ether oxygens (including phenoxy) is 3. The molecule has 0 aliphatic carbocycles. The SMILES string of the molecule is C=CCn1c(SCc2csc(-c3ccc4c(c3)OCO4)n2)nnc1-c1cccc(OC)c1. The number of thioether (sulfide) groups is 1. The Hall–Kier alpha value is -3.30. The topological polar surface area (TPSA) is 71.3 Å². The molecule has 5 rings (SSSR count). The van der Waals surface area contributed by atoms with Crippen LogP contribution in [0.3, 0.4) is 0 Å². The molecule has 0 bridgehead atoms. The van der Waals surface area contributed by atoms with Crippen LogP contribution >= 0.6 is 23.1 Å². The van der Waals surface area contributed by atoms with Gasteiger partial charge in [0.25, 0.3) is 0 Å². The minimum atomic E-state index is 0.266. The van der Waals surface area contributed by atoms with Gasteiger partial charge < -0.3 is 14.2 Å². The van der Waals surface area contributed by atoms with Crippen molar-refractivity contribution in [1.29, 1.82) is 0 Å². The summed E-state index contributed by atoms with van der Waals surface area (Å²) in [4.78, 5) is 4.79.